The van der Waals surface area contributed by atoms with Crippen LogP contribution in [0.3, 0.4) is 0 Å². The number of hydrogen-bond donors (Lipinski definition) is 2. The molecule has 0 aliphatic carbocycles. The van der Waals surface area contributed by atoms with E-state index < -0.39 is 24.0 Å². The Labute approximate surface area is 162 Å². The number of nitrogens with zero attached hydrogens (tertiary/aromatic N) is 1. The molecule has 0 saturated carbocycles. The number of hydrogen-bond acceptors (Lipinski definition) is 5. The normalized spacial score (nSPS) is 14.9. The predicted molar refractivity (Wildman–Crippen MR) is 99.7 cm³/mol. The fraction of sp³-hybridized carbons (Fsp3) is 0.444. The molecular weight excluding hydrogens is 374 g/mol. The number of urea groups is 1. The number of carbonyl (C=O) groups is 4. The van der Waals surface area contributed by atoms with E-state index in [2.05, 4.69) is 10.6 Å². The first-order valence-electron chi connectivity index (χ1n) is 8.61. The number of rotatable bonds is 5. The molecule has 1 aromatic rings. The van der Waals surface area contributed by atoms with Gasteiger partial charge < -0.3 is 15.0 Å². The Bertz CT molecular complexity index is 765. The summed E-state index contributed by atoms with van der Waals surface area (Å²) in [5, 5.41) is 4.94. The van der Waals surface area contributed by atoms with Crippen LogP contribution in [0.2, 0.25) is 5.02 Å². The molecule has 1 aliphatic heterocycles. The van der Waals surface area contributed by atoms with E-state index in [1.54, 1.807) is 13.8 Å². The largest absolute Gasteiger partial charge is 0.449 e. The van der Waals surface area contributed by atoms with Gasteiger partial charge in [0.1, 0.15) is 0 Å². The number of nitrogens with one attached hydrogen (secondary N) is 2. The van der Waals surface area contributed by atoms with E-state index in [-0.39, 0.29) is 17.5 Å². The van der Waals surface area contributed by atoms with Crippen molar-refractivity contribution in [1.82, 2.24) is 10.6 Å². The average Bonchev–Trinajstić information content (AvgIpc) is 3.00. The predicted octanol–water partition coefficient (Wildman–Crippen LogP) is 2.25. The van der Waals surface area contributed by atoms with Crippen LogP contribution in [0, 0.1) is 0 Å². The quantitative estimate of drug-likeness (QED) is 0.744. The molecule has 1 heterocycles. The highest BCUT2D eigenvalue weighted by Gasteiger charge is 2.26. The van der Waals surface area contributed by atoms with Crippen LogP contribution in [0.15, 0.2) is 18.2 Å². The van der Waals surface area contributed by atoms with Gasteiger partial charge in [-0.15, -0.1) is 0 Å². The molecule has 1 atom stereocenters. The standard InChI is InChI=1S/C18H22ClN3O5/c1-10(2)20-18(26)21-16(24)11(3)27-17(25)12-6-7-13(19)14(9-12)22-8-4-5-15(22)23/h6-7,9-11H,4-5,8H2,1-3H3,(H2,20,21,24,26)/t11-/m1/s1. The minimum absolute atomic E-state index is 0.0636. The van der Waals surface area contributed by atoms with E-state index in [0.717, 1.165) is 6.42 Å². The van der Waals surface area contributed by atoms with Gasteiger partial charge in [0.05, 0.1) is 16.3 Å². The summed E-state index contributed by atoms with van der Waals surface area (Å²) in [6.45, 7) is 5.38. The van der Waals surface area contributed by atoms with Crippen LogP contribution < -0.4 is 15.5 Å². The summed E-state index contributed by atoms with van der Waals surface area (Å²) in [6.07, 6.45) is -0.0249. The third kappa shape index (κ3) is 5.43. The molecular formula is C18H22ClN3O5. The van der Waals surface area contributed by atoms with Gasteiger partial charge in [-0.2, -0.15) is 0 Å². The number of anilines is 1. The SMILES string of the molecule is CC(C)NC(=O)NC(=O)[C@@H](C)OC(=O)c1ccc(Cl)c(N2CCCC2=O)c1. The maximum Gasteiger partial charge on any atom is 0.338 e. The minimum Gasteiger partial charge on any atom is -0.449 e. The van der Waals surface area contributed by atoms with Crippen molar-refractivity contribution in [3.8, 4) is 0 Å². The molecule has 27 heavy (non-hydrogen) atoms. The van der Waals surface area contributed by atoms with Gasteiger partial charge in [-0.05, 0) is 45.4 Å². The summed E-state index contributed by atoms with van der Waals surface area (Å²) in [5.74, 6) is -1.57. The highest BCUT2D eigenvalue weighted by atomic mass is 35.5. The Morgan fingerprint density at radius 1 is 1.22 bits per heavy atom. The molecule has 9 heteroatoms. The van der Waals surface area contributed by atoms with Crippen molar-refractivity contribution in [2.75, 3.05) is 11.4 Å². The first-order valence-corrected chi connectivity index (χ1v) is 8.99. The number of esters is 1. The smallest absolute Gasteiger partial charge is 0.338 e. The Balaban J connectivity index is 2.04. The summed E-state index contributed by atoms with van der Waals surface area (Å²) in [7, 11) is 0. The van der Waals surface area contributed by atoms with Crippen LogP contribution in [0.25, 0.3) is 0 Å². The molecule has 2 N–H and O–H groups in total. The van der Waals surface area contributed by atoms with Crippen LogP contribution in [0.4, 0.5) is 10.5 Å². The van der Waals surface area contributed by atoms with E-state index in [0.29, 0.717) is 23.7 Å². The topological polar surface area (TPSA) is 105 Å². The lowest BCUT2D eigenvalue weighted by atomic mass is 10.2. The second-order valence-electron chi connectivity index (χ2n) is 6.48. The third-order valence-electron chi connectivity index (χ3n) is 3.86. The number of ether oxygens (including phenoxy) is 1. The zero-order chi connectivity index (χ0) is 20.1. The molecule has 1 saturated heterocycles. The first-order chi connectivity index (χ1) is 12.7. The summed E-state index contributed by atoms with van der Waals surface area (Å²) in [6, 6.07) is 3.60. The molecule has 0 spiro atoms. The molecule has 0 radical (unpaired) electrons. The van der Waals surface area contributed by atoms with Crippen LogP contribution in [0.5, 0.6) is 0 Å². The lowest BCUT2D eigenvalue weighted by molar-refractivity contribution is -0.127. The molecule has 146 valence electrons. The van der Waals surface area contributed by atoms with E-state index in [4.69, 9.17) is 16.3 Å². The average molecular weight is 396 g/mol. The van der Waals surface area contributed by atoms with Crippen LogP contribution in [-0.4, -0.2) is 42.5 Å². The summed E-state index contributed by atoms with van der Waals surface area (Å²) in [4.78, 5) is 49.3. The number of benzene rings is 1. The van der Waals surface area contributed by atoms with E-state index in [1.807, 2.05) is 0 Å². The van der Waals surface area contributed by atoms with Crippen molar-refractivity contribution in [3.05, 3.63) is 28.8 Å². The van der Waals surface area contributed by atoms with Crippen LogP contribution >= 0.6 is 11.6 Å². The number of carbonyl (C=O) groups excluding carboxylic acids is 4. The van der Waals surface area contributed by atoms with Crippen molar-refractivity contribution in [3.63, 3.8) is 0 Å². The zero-order valence-corrected chi connectivity index (χ0v) is 16.1. The number of halogens is 1. The number of imide groups is 1. The lowest BCUT2D eigenvalue weighted by Gasteiger charge is -2.19. The maximum absolute atomic E-state index is 12.3. The van der Waals surface area contributed by atoms with Crippen molar-refractivity contribution in [2.45, 2.75) is 45.8 Å². The molecule has 2 rings (SSSR count). The second-order valence-corrected chi connectivity index (χ2v) is 6.89. The third-order valence-corrected chi connectivity index (χ3v) is 4.18. The van der Waals surface area contributed by atoms with Gasteiger partial charge in [0.2, 0.25) is 5.91 Å². The molecule has 8 nitrogen and oxygen atoms in total. The van der Waals surface area contributed by atoms with Crippen molar-refractivity contribution >= 4 is 41.1 Å². The van der Waals surface area contributed by atoms with Gasteiger partial charge in [-0.3, -0.25) is 14.9 Å². The van der Waals surface area contributed by atoms with Crippen LogP contribution in [-0.2, 0) is 14.3 Å². The van der Waals surface area contributed by atoms with Gasteiger partial charge in [0, 0.05) is 19.0 Å². The highest BCUT2D eigenvalue weighted by molar-refractivity contribution is 6.34. The van der Waals surface area contributed by atoms with Gasteiger partial charge in [0.25, 0.3) is 5.91 Å². The van der Waals surface area contributed by atoms with Gasteiger partial charge in [0.15, 0.2) is 6.10 Å². The molecule has 0 bridgehead atoms. The summed E-state index contributed by atoms with van der Waals surface area (Å²) in [5.41, 5.74) is 0.586. The molecule has 1 fully saturated rings. The Morgan fingerprint density at radius 3 is 2.52 bits per heavy atom. The van der Waals surface area contributed by atoms with Crippen molar-refractivity contribution in [1.29, 1.82) is 0 Å². The fourth-order valence-electron chi connectivity index (χ4n) is 2.54. The molecule has 0 aromatic heterocycles. The van der Waals surface area contributed by atoms with Gasteiger partial charge in [-0.25, -0.2) is 9.59 Å². The Kier molecular flexibility index (Phi) is 6.79. The lowest BCUT2D eigenvalue weighted by Crippen LogP contribution is -2.46. The molecule has 1 aliphatic rings. The first kappa shape index (κ1) is 20.7. The van der Waals surface area contributed by atoms with Crippen LogP contribution in [0.1, 0.15) is 44.0 Å². The molecule has 1 aromatic carbocycles. The monoisotopic (exact) mass is 395 g/mol. The second kappa shape index (κ2) is 8.85. The summed E-state index contributed by atoms with van der Waals surface area (Å²) < 4.78 is 5.11. The van der Waals surface area contributed by atoms with Gasteiger partial charge >= 0.3 is 12.0 Å². The van der Waals surface area contributed by atoms with Crippen molar-refractivity contribution in [2.24, 2.45) is 0 Å². The maximum atomic E-state index is 12.3. The minimum atomic E-state index is -1.18. The number of amides is 4. The van der Waals surface area contributed by atoms with E-state index in [9.17, 15) is 19.2 Å². The van der Waals surface area contributed by atoms with Gasteiger partial charge in [-0.1, -0.05) is 11.6 Å². The zero-order valence-electron chi connectivity index (χ0n) is 15.4. The fourth-order valence-corrected chi connectivity index (χ4v) is 2.76. The highest BCUT2D eigenvalue weighted by Crippen LogP contribution is 2.30. The molecule has 0 unspecified atom stereocenters. The van der Waals surface area contributed by atoms with E-state index >= 15 is 0 Å². The summed E-state index contributed by atoms with van der Waals surface area (Å²) >= 11 is 6.15. The Morgan fingerprint density at radius 2 is 1.93 bits per heavy atom. The molecule has 4 amide bonds. The Hall–Kier alpha value is -2.61. The van der Waals surface area contributed by atoms with Crippen molar-refractivity contribution < 1.29 is 23.9 Å². The van der Waals surface area contributed by atoms with E-state index in [1.165, 1.54) is 30.0 Å².